The summed E-state index contributed by atoms with van der Waals surface area (Å²) < 4.78 is 2.18. The molecule has 1 atom stereocenters. The normalized spacial score (nSPS) is 22.8. The lowest BCUT2D eigenvalue weighted by Gasteiger charge is -2.35. The number of piperidine rings is 1. The van der Waals surface area contributed by atoms with Gasteiger partial charge in [0.05, 0.1) is 28.6 Å². The third-order valence-corrected chi connectivity index (χ3v) is 9.69. The summed E-state index contributed by atoms with van der Waals surface area (Å²) in [6, 6.07) is 8.61. The lowest BCUT2D eigenvalue weighted by Crippen LogP contribution is -2.54. The Hall–Kier alpha value is -4.93. The molecule has 1 unspecified atom stereocenters. The van der Waals surface area contributed by atoms with Crippen LogP contribution in [0.1, 0.15) is 89.7 Å². The van der Waals surface area contributed by atoms with E-state index in [1.54, 1.807) is 18.2 Å². The molecule has 8 rings (SSSR count). The molecule has 1 aromatic carbocycles. The van der Waals surface area contributed by atoms with Gasteiger partial charge in [-0.15, -0.1) is 0 Å². The molecule has 3 aromatic heterocycles. The molecule has 11 nitrogen and oxygen atoms in total. The van der Waals surface area contributed by atoms with Crippen molar-refractivity contribution in [1.29, 1.82) is 0 Å². The number of anilines is 1. The van der Waals surface area contributed by atoms with Crippen LogP contribution in [-0.4, -0.2) is 60.9 Å². The molecule has 228 valence electrons. The summed E-state index contributed by atoms with van der Waals surface area (Å²) in [5, 5.41) is 12.9. The van der Waals surface area contributed by atoms with E-state index in [1.165, 1.54) is 18.5 Å². The van der Waals surface area contributed by atoms with E-state index in [1.807, 2.05) is 30.7 Å². The van der Waals surface area contributed by atoms with Crippen molar-refractivity contribution in [3.63, 3.8) is 0 Å². The number of imide groups is 2. The zero-order chi connectivity index (χ0) is 30.7. The molecule has 4 aromatic rings. The van der Waals surface area contributed by atoms with Gasteiger partial charge in [0.15, 0.2) is 0 Å². The molecule has 11 heteroatoms. The zero-order valence-corrected chi connectivity index (χ0v) is 24.7. The maximum absolute atomic E-state index is 13.1. The zero-order valence-electron chi connectivity index (χ0n) is 24.7. The number of fused-ring (bicyclic) bond motifs is 2. The lowest BCUT2D eigenvalue weighted by atomic mass is 9.77. The average molecular weight is 604 g/mol. The fraction of sp³-hybridized carbons (Fsp3) is 0.382. The minimum absolute atomic E-state index is 0.101. The Morgan fingerprint density at radius 2 is 1.76 bits per heavy atom. The Labute approximate surface area is 259 Å². The predicted molar refractivity (Wildman–Crippen MR) is 165 cm³/mol. The highest BCUT2D eigenvalue weighted by atomic mass is 16.2. The molecule has 2 aliphatic carbocycles. The molecule has 45 heavy (non-hydrogen) atoms. The van der Waals surface area contributed by atoms with Gasteiger partial charge in [0.25, 0.3) is 11.8 Å². The molecule has 5 heterocycles. The molecule has 0 spiro atoms. The van der Waals surface area contributed by atoms with E-state index in [-0.39, 0.29) is 29.9 Å². The van der Waals surface area contributed by atoms with Gasteiger partial charge in [-0.05, 0) is 86.6 Å². The van der Waals surface area contributed by atoms with Gasteiger partial charge in [0.1, 0.15) is 6.04 Å². The fourth-order valence-electron chi connectivity index (χ4n) is 7.01. The van der Waals surface area contributed by atoms with Crippen molar-refractivity contribution < 1.29 is 19.2 Å². The summed E-state index contributed by atoms with van der Waals surface area (Å²) in [4.78, 5) is 59.9. The summed E-state index contributed by atoms with van der Waals surface area (Å²) in [5.41, 5.74) is 4.61. The van der Waals surface area contributed by atoms with Crippen LogP contribution in [0.5, 0.6) is 0 Å². The predicted octanol–water partition coefficient (Wildman–Crippen LogP) is 4.62. The minimum Gasteiger partial charge on any atom is -0.385 e. The summed E-state index contributed by atoms with van der Waals surface area (Å²) in [6.07, 6.45) is 14.7. The number of amides is 4. The maximum atomic E-state index is 13.1. The van der Waals surface area contributed by atoms with Crippen LogP contribution in [0.15, 0.2) is 55.1 Å². The third-order valence-electron chi connectivity index (χ3n) is 9.69. The quantitative estimate of drug-likeness (QED) is 0.209. The third kappa shape index (κ3) is 4.96. The number of rotatable bonds is 9. The topological polar surface area (TPSA) is 139 Å². The average Bonchev–Trinajstić information content (AvgIpc) is 3.73. The molecule has 2 saturated carbocycles. The molecule has 4 amide bonds. The van der Waals surface area contributed by atoms with Crippen LogP contribution in [0.25, 0.3) is 22.0 Å². The van der Waals surface area contributed by atoms with Crippen LogP contribution in [0.4, 0.5) is 5.69 Å². The van der Waals surface area contributed by atoms with Gasteiger partial charge < -0.3 is 5.32 Å². The number of aromatic nitrogens is 4. The van der Waals surface area contributed by atoms with Crippen molar-refractivity contribution in [3.8, 4) is 11.3 Å². The number of benzene rings is 1. The first-order valence-corrected chi connectivity index (χ1v) is 15.8. The van der Waals surface area contributed by atoms with Crippen LogP contribution in [0.3, 0.4) is 0 Å². The van der Waals surface area contributed by atoms with Gasteiger partial charge in [-0.3, -0.25) is 44.0 Å². The Morgan fingerprint density at radius 3 is 2.58 bits per heavy atom. The monoisotopic (exact) mass is 603 g/mol. The summed E-state index contributed by atoms with van der Waals surface area (Å²) >= 11 is 0. The maximum Gasteiger partial charge on any atom is 0.262 e. The second-order valence-electron chi connectivity index (χ2n) is 12.7. The molecular weight excluding hydrogens is 570 g/mol. The van der Waals surface area contributed by atoms with Gasteiger partial charge in [0, 0.05) is 60.3 Å². The largest absolute Gasteiger partial charge is 0.385 e. The van der Waals surface area contributed by atoms with Gasteiger partial charge >= 0.3 is 0 Å². The molecule has 3 fully saturated rings. The van der Waals surface area contributed by atoms with Gasteiger partial charge in [-0.25, -0.2) is 0 Å². The smallest absolute Gasteiger partial charge is 0.262 e. The van der Waals surface area contributed by atoms with Crippen molar-refractivity contribution in [2.24, 2.45) is 5.92 Å². The molecular formula is C34H33N7O4. The fourth-order valence-corrected chi connectivity index (χ4v) is 7.01. The van der Waals surface area contributed by atoms with Gasteiger partial charge in [-0.2, -0.15) is 5.10 Å². The Balaban J connectivity index is 0.860. The van der Waals surface area contributed by atoms with Crippen LogP contribution in [0, 0.1) is 5.92 Å². The highest BCUT2D eigenvalue weighted by Crippen LogP contribution is 2.47. The van der Waals surface area contributed by atoms with Crippen LogP contribution in [-0.2, 0) is 9.59 Å². The van der Waals surface area contributed by atoms with Crippen molar-refractivity contribution in [3.05, 3.63) is 71.9 Å². The molecule has 0 radical (unpaired) electrons. The first-order chi connectivity index (χ1) is 21.9. The highest BCUT2D eigenvalue weighted by molar-refractivity contribution is 6.23. The van der Waals surface area contributed by atoms with E-state index < -0.39 is 23.8 Å². The Kier molecular flexibility index (Phi) is 6.69. The van der Waals surface area contributed by atoms with Gasteiger partial charge in [-0.1, -0.05) is 0 Å². The molecule has 2 aliphatic heterocycles. The highest BCUT2D eigenvalue weighted by Gasteiger charge is 2.44. The van der Waals surface area contributed by atoms with E-state index in [2.05, 4.69) is 26.5 Å². The number of nitrogens with one attached hydrogen (secondary N) is 2. The summed E-state index contributed by atoms with van der Waals surface area (Å²) in [5.74, 6) is -0.821. The van der Waals surface area contributed by atoms with E-state index in [0.29, 0.717) is 17.9 Å². The second-order valence-corrected chi connectivity index (χ2v) is 12.7. The van der Waals surface area contributed by atoms with Crippen molar-refractivity contribution in [2.75, 3.05) is 11.9 Å². The Morgan fingerprint density at radius 1 is 0.933 bits per heavy atom. The molecule has 1 saturated heterocycles. The number of carbonyl (C=O) groups excluding carboxylic acids is 4. The number of nitrogens with zero attached hydrogens (tertiary/aromatic N) is 5. The van der Waals surface area contributed by atoms with Crippen molar-refractivity contribution in [2.45, 2.75) is 69.4 Å². The minimum atomic E-state index is -0.960. The lowest BCUT2D eigenvalue weighted by molar-refractivity contribution is -0.136. The number of hydrogen-bond acceptors (Lipinski definition) is 8. The Bertz CT molecular complexity index is 1870. The summed E-state index contributed by atoms with van der Waals surface area (Å²) in [7, 11) is 0. The van der Waals surface area contributed by atoms with E-state index in [4.69, 9.17) is 10.1 Å². The van der Waals surface area contributed by atoms with E-state index in [0.717, 1.165) is 64.8 Å². The second kappa shape index (κ2) is 10.9. The number of carbonyl (C=O) groups is 4. The van der Waals surface area contributed by atoms with E-state index in [9.17, 15) is 19.2 Å². The van der Waals surface area contributed by atoms with Crippen LogP contribution < -0.4 is 10.6 Å². The molecule has 2 N–H and O–H groups in total. The first-order valence-electron chi connectivity index (χ1n) is 15.8. The summed E-state index contributed by atoms with van der Waals surface area (Å²) in [6.45, 7) is 0.747. The SMILES string of the molecule is O=C1CCC(N2C(=O)c3ccc(NCCC[C@H]4C[C@H](n5cc(-c6nccc7ccncc67)c(C6CC6)n5)C4)cc3C2=O)C(=O)N1. The number of pyridine rings is 2. The van der Waals surface area contributed by atoms with Crippen molar-refractivity contribution in [1.82, 2.24) is 30.0 Å². The first kappa shape index (κ1) is 27.6. The standard InChI is InChI=1S/C34H33N7O4/c42-29-8-7-28(32(43)38-29)41-33(44)24-6-5-22(16-25(24)34(41)45)36-11-1-2-19-14-23(15-19)40-18-27(30(39-40)21-3-4-21)31-26-17-35-12-9-20(26)10-13-37-31/h5-6,9-10,12-13,16-19,21,23,28,36H,1-4,7-8,11,14-15H2,(H,38,42,43)/t19-,23-,28?. The van der Waals surface area contributed by atoms with Gasteiger partial charge in [0.2, 0.25) is 11.8 Å². The van der Waals surface area contributed by atoms with Crippen molar-refractivity contribution >= 4 is 40.1 Å². The van der Waals surface area contributed by atoms with E-state index >= 15 is 0 Å². The molecule has 4 aliphatic rings. The molecule has 0 bridgehead atoms. The number of hydrogen-bond donors (Lipinski definition) is 2. The van der Waals surface area contributed by atoms with Crippen LogP contribution >= 0.6 is 0 Å². The van der Waals surface area contributed by atoms with Crippen LogP contribution in [0.2, 0.25) is 0 Å².